The van der Waals surface area contributed by atoms with Crippen LogP contribution in [0.15, 0.2) is 18.3 Å². The van der Waals surface area contributed by atoms with Gasteiger partial charge < -0.3 is 5.11 Å². The summed E-state index contributed by atoms with van der Waals surface area (Å²) >= 11 is 0. The van der Waals surface area contributed by atoms with Crippen LogP contribution in [-0.2, 0) is 0 Å². The van der Waals surface area contributed by atoms with Gasteiger partial charge in [0.2, 0.25) is 0 Å². The molecule has 0 aromatic carbocycles. The van der Waals surface area contributed by atoms with E-state index in [0.29, 0.717) is 11.4 Å². The Morgan fingerprint density at radius 3 is 2.44 bits per heavy atom. The van der Waals surface area contributed by atoms with Crippen molar-refractivity contribution in [3.05, 3.63) is 23.9 Å². The molecule has 0 aliphatic carbocycles. The average Bonchev–Trinajstić information content (AvgIpc) is 2.16. The summed E-state index contributed by atoms with van der Waals surface area (Å²) in [5.74, 6) is 2.81. The van der Waals surface area contributed by atoms with Gasteiger partial charge in [0.05, 0.1) is 0 Å². The van der Waals surface area contributed by atoms with Crippen LogP contribution in [0, 0.1) is 12.3 Å². The molecule has 0 aliphatic rings. The molecule has 16 heavy (non-hydrogen) atoms. The highest BCUT2D eigenvalue weighted by Crippen LogP contribution is 2.21. The summed E-state index contributed by atoms with van der Waals surface area (Å²) in [6.45, 7) is 5.41. The fourth-order valence-corrected chi connectivity index (χ4v) is 1.33. The van der Waals surface area contributed by atoms with Gasteiger partial charge in [-0.3, -0.25) is 4.90 Å². The fourth-order valence-electron chi connectivity index (χ4n) is 1.33. The smallest absolute Gasteiger partial charge is 0.413 e. The molecule has 0 atom stereocenters. The second-order valence-electron chi connectivity index (χ2n) is 4.34. The molecule has 0 saturated carbocycles. The minimum Gasteiger partial charge on any atom is -0.465 e. The highest BCUT2D eigenvalue weighted by Gasteiger charge is 2.28. The zero-order chi connectivity index (χ0) is 12.3. The predicted octanol–water partition coefficient (Wildman–Crippen LogP) is 2.35. The van der Waals surface area contributed by atoms with Crippen molar-refractivity contribution in [3.8, 4) is 12.3 Å². The van der Waals surface area contributed by atoms with Crippen LogP contribution >= 0.6 is 0 Å². The Balaban J connectivity index is 3.14. The van der Waals surface area contributed by atoms with Crippen molar-refractivity contribution in [2.75, 3.05) is 4.90 Å². The number of carboxylic acid groups (broad SMARTS) is 1. The molecule has 1 aromatic heterocycles. The number of carbonyl (C=O) groups is 1. The first-order valence-electron chi connectivity index (χ1n) is 4.82. The molecule has 0 aliphatic heterocycles. The van der Waals surface area contributed by atoms with Crippen molar-refractivity contribution < 1.29 is 9.90 Å². The number of aromatic nitrogens is 1. The van der Waals surface area contributed by atoms with Gasteiger partial charge in [-0.25, -0.2) is 9.78 Å². The Morgan fingerprint density at radius 1 is 1.50 bits per heavy atom. The predicted molar refractivity (Wildman–Crippen MR) is 62.4 cm³/mol. The van der Waals surface area contributed by atoms with Crippen LogP contribution in [0.25, 0.3) is 0 Å². The van der Waals surface area contributed by atoms with Crippen LogP contribution in [0.2, 0.25) is 0 Å². The standard InChI is InChI=1S/C12H14N2O2/c1-5-9-6-7-10(13-8-9)14(11(15)16)12(2,3)4/h1,6-8H,2-4H3,(H,15,16). The van der Waals surface area contributed by atoms with Crippen molar-refractivity contribution in [2.24, 2.45) is 0 Å². The van der Waals surface area contributed by atoms with Crippen LogP contribution in [0.3, 0.4) is 0 Å². The summed E-state index contributed by atoms with van der Waals surface area (Å²) in [6, 6.07) is 3.28. The van der Waals surface area contributed by atoms with E-state index >= 15 is 0 Å². The Hall–Kier alpha value is -2.02. The number of amides is 1. The molecule has 0 radical (unpaired) electrons. The lowest BCUT2D eigenvalue weighted by molar-refractivity contribution is 0.195. The summed E-state index contributed by atoms with van der Waals surface area (Å²) in [5, 5.41) is 9.13. The SMILES string of the molecule is C#Cc1ccc(N(C(=O)O)C(C)(C)C)nc1. The minimum atomic E-state index is -1.03. The number of terminal acetylenes is 1. The molecule has 0 spiro atoms. The largest absolute Gasteiger partial charge is 0.465 e. The van der Waals surface area contributed by atoms with Crippen LogP contribution < -0.4 is 4.90 Å². The summed E-state index contributed by atoms with van der Waals surface area (Å²) in [5.41, 5.74) is 0.0826. The molecule has 0 unspecified atom stereocenters. The molecule has 0 saturated heterocycles. The van der Waals surface area contributed by atoms with E-state index in [-0.39, 0.29) is 0 Å². The first-order valence-corrected chi connectivity index (χ1v) is 4.82. The average molecular weight is 218 g/mol. The quantitative estimate of drug-likeness (QED) is 0.736. The summed E-state index contributed by atoms with van der Waals surface area (Å²) in [4.78, 5) is 16.4. The topological polar surface area (TPSA) is 53.4 Å². The lowest BCUT2D eigenvalue weighted by atomic mass is 10.1. The van der Waals surface area contributed by atoms with E-state index in [1.54, 1.807) is 32.9 Å². The number of rotatable bonds is 1. The normalized spacial score (nSPS) is 10.6. The van der Waals surface area contributed by atoms with E-state index in [2.05, 4.69) is 10.9 Å². The molecule has 1 N–H and O–H groups in total. The van der Waals surface area contributed by atoms with Crippen LogP contribution in [0.4, 0.5) is 10.6 Å². The molecule has 84 valence electrons. The van der Waals surface area contributed by atoms with Crippen molar-refractivity contribution in [1.82, 2.24) is 4.98 Å². The Morgan fingerprint density at radius 2 is 2.12 bits per heavy atom. The molecule has 1 heterocycles. The lowest BCUT2D eigenvalue weighted by Gasteiger charge is -2.31. The van der Waals surface area contributed by atoms with Gasteiger partial charge in [-0.1, -0.05) is 5.92 Å². The maximum absolute atomic E-state index is 11.1. The van der Waals surface area contributed by atoms with E-state index in [1.807, 2.05) is 0 Å². The van der Waals surface area contributed by atoms with Gasteiger partial charge in [-0.05, 0) is 32.9 Å². The Labute approximate surface area is 94.9 Å². The van der Waals surface area contributed by atoms with Crippen molar-refractivity contribution in [2.45, 2.75) is 26.3 Å². The van der Waals surface area contributed by atoms with Gasteiger partial charge in [0.25, 0.3) is 0 Å². The van der Waals surface area contributed by atoms with E-state index in [9.17, 15) is 4.79 Å². The Bertz CT molecular complexity index is 424. The first kappa shape index (κ1) is 12.1. The van der Waals surface area contributed by atoms with Gasteiger partial charge in [0, 0.05) is 17.3 Å². The maximum Gasteiger partial charge on any atom is 0.413 e. The van der Waals surface area contributed by atoms with Gasteiger partial charge in [-0.2, -0.15) is 0 Å². The third kappa shape index (κ3) is 2.51. The molecule has 4 nitrogen and oxygen atoms in total. The van der Waals surface area contributed by atoms with E-state index in [1.165, 1.54) is 11.1 Å². The summed E-state index contributed by atoms with van der Waals surface area (Å²) in [6.07, 6.45) is 5.65. The van der Waals surface area contributed by atoms with Crippen molar-refractivity contribution in [3.63, 3.8) is 0 Å². The molecule has 1 amide bonds. The van der Waals surface area contributed by atoms with Crippen LogP contribution in [0.5, 0.6) is 0 Å². The molecule has 1 aromatic rings. The zero-order valence-corrected chi connectivity index (χ0v) is 9.56. The molecule has 0 bridgehead atoms. The van der Waals surface area contributed by atoms with Crippen molar-refractivity contribution in [1.29, 1.82) is 0 Å². The molecular weight excluding hydrogens is 204 g/mol. The number of anilines is 1. The molecule has 4 heteroatoms. The van der Waals surface area contributed by atoms with Gasteiger partial charge >= 0.3 is 6.09 Å². The summed E-state index contributed by atoms with van der Waals surface area (Å²) < 4.78 is 0. The third-order valence-electron chi connectivity index (χ3n) is 2.01. The lowest BCUT2D eigenvalue weighted by Crippen LogP contribution is -2.45. The highest BCUT2D eigenvalue weighted by molar-refractivity contribution is 5.86. The van der Waals surface area contributed by atoms with Gasteiger partial charge in [0.15, 0.2) is 0 Å². The van der Waals surface area contributed by atoms with Gasteiger partial charge in [-0.15, -0.1) is 6.42 Å². The molecule has 0 fully saturated rings. The maximum atomic E-state index is 11.1. The van der Waals surface area contributed by atoms with E-state index in [0.717, 1.165) is 0 Å². The number of pyridine rings is 1. The summed E-state index contributed by atoms with van der Waals surface area (Å²) in [7, 11) is 0. The molecular formula is C12H14N2O2. The second-order valence-corrected chi connectivity index (χ2v) is 4.34. The van der Waals surface area contributed by atoms with Crippen LogP contribution in [0.1, 0.15) is 26.3 Å². The number of hydrogen-bond donors (Lipinski definition) is 1. The zero-order valence-electron chi connectivity index (χ0n) is 9.56. The monoisotopic (exact) mass is 218 g/mol. The van der Waals surface area contributed by atoms with E-state index < -0.39 is 11.6 Å². The van der Waals surface area contributed by atoms with Crippen LogP contribution in [-0.4, -0.2) is 21.7 Å². The first-order chi connectivity index (χ1) is 7.36. The molecule has 1 rings (SSSR count). The fraction of sp³-hybridized carbons (Fsp3) is 0.333. The highest BCUT2D eigenvalue weighted by atomic mass is 16.4. The second kappa shape index (κ2) is 4.23. The minimum absolute atomic E-state index is 0.374. The number of nitrogens with zero attached hydrogens (tertiary/aromatic N) is 2. The van der Waals surface area contributed by atoms with Gasteiger partial charge in [0.1, 0.15) is 5.82 Å². The van der Waals surface area contributed by atoms with Crippen molar-refractivity contribution >= 4 is 11.9 Å². The third-order valence-corrected chi connectivity index (χ3v) is 2.01. The van der Waals surface area contributed by atoms with E-state index in [4.69, 9.17) is 11.5 Å². The Kier molecular flexibility index (Phi) is 3.19. The number of hydrogen-bond acceptors (Lipinski definition) is 2.